The van der Waals surface area contributed by atoms with Crippen LogP contribution in [0.3, 0.4) is 0 Å². The maximum Gasteiger partial charge on any atom is 0.0943 e. The van der Waals surface area contributed by atoms with Crippen LogP contribution in [-0.2, 0) is 0 Å². The molecule has 1 heterocycles. The molecule has 3 heteroatoms. The average Bonchev–Trinajstić information content (AvgIpc) is 2.29. The highest BCUT2D eigenvalue weighted by Crippen LogP contribution is 2.26. The van der Waals surface area contributed by atoms with Crippen LogP contribution in [0.15, 0.2) is 24.3 Å². The highest BCUT2D eigenvalue weighted by Gasteiger charge is 2.25. The first-order chi connectivity index (χ1) is 7.66. The van der Waals surface area contributed by atoms with E-state index in [0.717, 1.165) is 18.5 Å². The van der Waals surface area contributed by atoms with E-state index in [1.807, 2.05) is 24.3 Å². The maximum absolute atomic E-state index is 10.2. The summed E-state index contributed by atoms with van der Waals surface area (Å²) in [4.78, 5) is 0. The van der Waals surface area contributed by atoms with Gasteiger partial charge in [0.05, 0.1) is 6.10 Å². The van der Waals surface area contributed by atoms with E-state index in [4.69, 9.17) is 11.6 Å². The van der Waals surface area contributed by atoms with Crippen molar-refractivity contribution in [3.05, 3.63) is 34.9 Å². The van der Waals surface area contributed by atoms with E-state index in [0.29, 0.717) is 10.9 Å². The number of hydrogen-bond acceptors (Lipinski definition) is 2. The van der Waals surface area contributed by atoms with E-state index in [1.54, 1.807) is 0 Å². The van der Waals surface area contributed by atoms with Crippen molar-refractivity contribution < 1.29 is 5.11 Å². The average molecular weight is 240 g/mol. The number of hydrogen-bond donors (Lipinski definition) is 2. The molecular weight excluding hydrogens is 222 g/mol. The van der Waals surface area contributed by atoms with Gasteiger partial charge in [-0.25, -0.2) is 0 Å². The predicted molar refractivity (Wildman–Crippen MR) is 66.6 cm³/mol. The summed E-state index contributed by atoms with van der Waals surface area (Å²) in [5.41, 5.74) is 0.941. The third-order valence-corrected chi connectivity index (χ3v) is 3.54. The summed E-state index contributed by atoms with van der Waals surface area (Å²) in [6, 6.07) is 7.62. The zero-order valence-corrected chi connectivity index (χ0v) is 10.2. The molecule has 0 bridgehead atoms. The second-order valence-electron chi connectivity index (χ2n) is 4.69. The Hall–Kier alpha value is -0.570. The van der Waals surface area contributed by atoms with Gasteiger partial charge in [-0.15, -0.1) is 0 Å². The summed E-state index contributed by atoms with van der Waals surface area (Å²) < 4.78 is 0. The minimum Gasteiger partial charge on any atom is -0.387 e. The highest BCUT2D eigenvalue weighted by atomic mass is 35.5. The topological polar surface area (TPSA) is 32.3 Å². The molecule has 0 amide bonds. The van der Waals surface area contributed by atoms with Gasteiger partial charge < -0.3 is 10.4 Å². The quantitative estimate of drug-likeness (QED) is 0.832. The smallest absolute Gasteiger partial charge is 0.0943 e. The number of halogens is 1. The van der Waals surface area contributed by atoms with Gasteiger partial charge in [0.15, 0.2) is 0 Å². The number of piperidine rings is 1. The van der Waals surface area contributed by atoms with Crippen LogP contribution in [0.25, 0.3) is 0 Å². The van der Waals surface area contributed by atoms with E-state index >= 15 is 0 Å². The molecule has 16 heavy (non-hydrogen) atoms. The number of benzene rings is 1. The maximum atomic E-state index is 10.2. The van der Waals surface area contributed by atoms with E-state index in [1.165, 1.54) is 6.42 Å². The molecule has 0 radical (unpaired) electrons. The fourth-order valence-electron chi connectivity index (χ4n) is 2.28. The SMILES string of the molecule is CC1CCNC(C(O)c2ccc(Cl)cc2)C1. The molecule has 1 saturated heterocycles. The van der Waals surface area contributed by atoms with Gasteiger partial charge in [-0.2, -0.15) is 0 Å². The summed E-state index contributed by atoms with van der Waals surface area (Å²) in [6.45, 7) is 3.24. The van der Waals surface area contributed by atoms with Crippen LogP contribution in [0.4, 0.5) is 0 Å². The van der Waals surface area contributed by atoms with Gasteiger partial charge in [-0.05, 0) is 43.0 Å². The molecule has 0 aromatic heterocycles. The molecule has 1 aromatic rings. The number of aliphatic hydroxyl groups is 1. The number of aliphatic hydroxyl groups excluding tert-OH is 1. The molecule has 0 aliphatic carbocycles. The summed E-state index contributed by atoms with van der Waals surface area (Å²) in [5.74, 6) is 0.688. The summed E-state index contributed by atoms with van der Waals surface area (Å²) >= 11 is 5.83. The van der Waals surface area contributed by atoms with Crippen LogP contribution >= 0.6 is 11.6 Å². The van der Waals surface area contributed by atoms with Gasteiger partial charge in [0.1, 0.15) is 0 Å². The Labute approximate surface area is 102 Å². The first-order valence-corrected chi connectivity index (χ1v) is 6.21. The summed E-state index contributed by atoms with van der Waals surface area (Å²) in [7, 11) is 0. The van der Waals surface area contributed by atoms with Crippen molar-refractivity contribution in [3.8, 4) is 0 Å². The molecule has 0 saturated carbocycles. The molecule has 1 aromatic carbocycles. The third-order valence-electron chi connectivity index (χ3n) is 3.29. The Morgan fingerprint density at radius 2 is 2.06 bits per heavy atom. The van der Waals surface area contributed by atoms with Gasteiger partial charge in [0.25, 0.3) is 0 Å². The number of rotatable bonds is 2. The molecule has 88 valence electrons. The van der Waals surface area contributed by atoms with E-state index < -0.39 is 6.10 Å². The molecule has 0 spiro atoms. The standard InChI is InChI=1S/C13H18ClNO/c1-9-6-7-15-12(8-9)13(16)10-2-4-11(14)5-3-10/h2-5,9,12-13,15-16H,6-8H2,1H3. The van der Waals surface area contributed by atoms with Crippen LogP contribution in [0, 0.1) is 5.92 Å². The molecule has 3 atom stereocenters. The zero-order chi connectivity index (χ0) is 11.5. The lowest BCUT2D eigenvalue weighted by Crippen LogP contribution is -2.41. The first-order valence-electron chi connectivity index (χ1n) is 5.83. The fourth-order valence-corrected chi connectivity index (χ4v) is 2.41. The van der Waals surface area contributed by atoms with Crippen molar-refractivity contribution in [2.45, 2.75) is 31.9 Å². The van der Waals surface area contributed by atoms with Crippen LogP contribution in [0.1, 0.15) is 31.4 Å². The minimum atomic E-state index is -0.431. The normalized spacial score (nSPS) is 27.7. The molecule has 2 rings (SSSR count). The van der Waals surface area contributed by atoms with Crippen molar-refractivity contribution in [2.75, 3.05) is 6.54 Å². The van der Waals surface area contributed by atoms with Crippen molar-refractivity contribution in [3.63, 3.8) is 0 Å². The van der Waals surface area contributed by atoms with E-state index in [9.17, 15) is 5.11 Å². The molecule has 2 N–H and O–H groups in total. The molecule has 1 aliphatic heterocycles. The van der Waals surface area contributed by atoms with Crippen LogP contribution in [0.5, 0.6) is 0 Å². The predicted octanol–water partition coefficient (Wildman–Crippen LogP) is 2.76. The Kier molecular flexibility index (Phi) is 3.85. The van der Waals surface area contributed by atoms with Crippen LogP contribution in [-0.4, -0.2) is 17.7 Å². The molecule has 3 unspecified atom stereocenters. The first kappa shape index (κ1) is 11.9. The molecule has 2 nitrogen and oxygen atoms in total. The van der Waals surface area contributed by atoms with E-state index in [-0.39, 0.29) is 6.04 Å². The van der Waals surface area contributed by atoms with Gasteiger partial charge >= 0.3 is 0 Å². The Morgan fingerprint density at radius 1 is 1.38 bits per heavy atom. The molecule has 1 aliphatic rings. The zero-order valence-electron chi connectivity index (χ0n) is 9.49. The van der Waals surface area contributed by atoms with Gasteiger partial charge in [0, 0.05) is 11.1 Å². The Balaban J connectivity index is 2.06. The highest BCUT2D eigenvalue weighted by molar-refractivity contribution is 6.30. The van der Waals surface area contributed by atoms with Gasteiger partial charge in [-0.3, -0.25) is 0 Å². The summed E-state index contributed by atoms with van der Waals surface area (Å²) in [6.07, 6.45) is 1.80. The van der Waals surface area contributed by atoms with E-state index in [2.05, 4.69) is 12.2 Å². The lowest BCUT2D eigenvalue weighted by atomic mass is 9.89. The Morgan fingerprint density at radius 3 is 2.69 bits per heavy atom. The van der Waals surface area contributed by atoms with Crippen molar-refractivity contribution in [1.82, 2.24) is 5.32 Å². The third kappa shape index (κ3) is 2.76. The van der Waals surface area contributed by atoms with Crippen molar-refractivity contribution in [1.29, 1.82) is 0 Å². The molecule has 1 fully saturated rings. The second kappa shape index (κ2) is 5.17. The van der Waals surface area contributed by atoms with Crippen molar-refractivity contribution >= 4 is 11.6 Å². The second-order valence-corrected chi connectivity index (χ2v) is 5.12. The molecular formula is C13H18ClNO. The number of nitrogens with one attached hydrogen (secondary N) is 1. The van der Waals surface area contributed by atoms with Gasteiger partial charge in [0.2, 0.25) is 0 Å². The van der Waals surface area contributed by atoms with Crippen LogP contribution in [0.2, 0.25) is 5.02 Å². The minimum absolute atomic E-state index is 0.171. The fraction of sp³-hybridized carbons (Fsp3) is 0.538. The monoisotopic (exact) mass is 239 g/mol. The lowest BCUT2D eigenvalue weighted by Gasteiger charge is -2.31. The van der Waals surface area contributed by atoms with Crippen molar-refractivity contribution in [2.24, 2.45) is 5.92 Å². The Bertz CT molecular complexity index is 338. The van der Waals surface area contributed by atoms with Crippen LogP contribution < -0.4 is 5.32 Å². The lowest BCUT2D eigenvalue weighted by molar-refractivity contribution is 0.101. The van der Waals surface area contributed by atoms with Gasteiger partial charge in [-0.1, -0.05) is 30.7 Å². The largest absolute Gasteiger partial charge is 0.387 e. The summed E-state index contributed by atoms with van der Waals surface area (Å²) in [5, 5.41) is 14.3.